The largest absolute Gasteiger partial charge is 0.441 e. The maximum atomic E-state index is 12.3. The molecule has 2 aromatic rings. The SMILES string of the molecule is Cc1ccc(-c2cnc(CCC(=O)NCC(C)(C)N3CCCCC3)o2)cc1. The van der Waals surface area contributed by atoms with E-state index in [0.29, 0.717) is 25.3 Å². The van der Waals surface area contributed by atoms with Gasteiger partial charge in [-0.25, -0.2) is 4.98 Å². The Morgan fingerprint density at radius 3 is 2.59 bits per heavy atom. The second-order valence-electron chi connectivity index (χ2n) is 8.12. The van der Waals surface area contributed by atoms with E-state index in [1.54, 1.807) is 6.20 Å². The van der Waals surface area contributed by atoms with Crippen LogP contribution in [0.5, 0.6) is 0 Å². The van der Waals surface area contributed by atoms with Crippen molar-refractivity contribution in [3.8, 4) is 11.3 Å². The van der Waals surface area contributed by atoms with Gasteiger partial charge in [0, 0.05) is 30.5 Å². The molecule has 0 bridgehead atoms. The first-order valence-corrected chi connectivity index (χ1v) is 9.97. The van der Waals surface area contributed by atoms with Gasteiger partial charge in [-0.15, -0.1) is 0 Å². The molecule has 0 saturated carbocycles. The average Bonchev–Trinajstić information content (AvgIpc) is 3.15. The average molecular weight is 370 g/mol. The molecule has 2 heterocycles. The quantitative estimate of drug-likeness (QED) is 0.802. The fraction of sp³-hybridized carbons (Fsp3) is 0.545. The number of oxazole rings is 1. The number of aryl methyl sites for hydroxylation is 2. The second-order valence-corrected chi connectivity index (χ2v) is 8.12. The van der Waals surface area contributed by atoms with Crippen LogP contribution < -0.4 is 5.32 Å². The van der Waals surface area contributed by atoms with Gasteiger partial charge in [-0.1, -0.05) is 36.2 Å². The van der Waals surface area contributed by atoms with Crippen LogP contribution in [-0.4, -0.2) is 41.0 Å². The van der Waals surface area contributed by atoms with Gasteiger partial charge in [0.2, 0.25) is 5.91 Å². The number of piperidine rings is 1. The van der Waals surface area contributed by atoms with Crippen molar-refractivity contribution in [3.63, 3.8) is 0 Å². The summed E-state index contributed by atoms with van der Waals surface area (Å²) in [4.78, 5) is 19.1. The Kier molecular flexibility index (Phi) is 6.32. The van der Waals surface area contributed by atoms with Gasteiger partial charge in [0.1, 0.15) is 0 Å². The molecule has 1 aliphatic heterocycles. The maximum Gasteiger partial charge on any atom is 0.220 e. The highest BCUT2D eigenvalue weighted by atomic mass is 16.4. The monoisotopic (exact) mass is 369 g/mol. The second kappa shape index (κ2) is 8.70. The molecule has 0 aliphatic carbocycles. The van der Waals surface area contributed by atoms with Gasteiger partial charge >= 0.3 is 0 Å². The smallest absolute Gasteiger partial charge is 0.220 e. The molecule has 0 atom stereocenters. The summed E-state index contributed by atoms with van der Waals surface area (Å²) in [6, 6.07) is 8.15. The standard InChI is InChI=1S/C22H31N3O2/c1-17-7-9-18(10-8-17)19-15-23-21(27-19)12-11-20(26)24-16-22(2,3)25-13-5-4-6-14-25/h7-10,15H,4-6,11-14,16H2,1-3H3,(H,24,26). The van der Waals surface area contributed by atoms with Gasteiger partial charge < -0.3 is 9.73 Å². The Balaban J connectivity index is 1.46. The van der Waals surface area contributed by atoms with Gasteiger partial charge in [0.15, 0.2) is 11.7 Å². The lowest BCUT2D eigenvalue weighted by Crippen LogP contribution is -2.53. The van der Waals surface area contributed by atoms with Crippen molar-refractivity contribution in [2.45, 2.75) is 58.4 Å². The third-order valence-electron chi connectivity index (χ3n) is 5.39. The topological polar surface area (TPSA) is 58.4 Å². The Morgan fingerprint density at radius 1 is 1.19 bits per heavy atom. The van der Waals surface area contributed by atoms with Gasteiger partial charge in [0.25, 0.3) is 0 Å². The number of amides is 1. The maximum absolute atomic E-state index is 12.3. The third kappa shape index (κ3) is 5.42. The Morgan fingerprint density at radius 2 is 1.89 bits per heavy atom. The molecule has 0 spiro atoms. The zero-order valence-corrected chi connectivity index (χ0v) is 16.8. The molecule has 1 aromatic carbocycles. The molecule has 1 aromatic heterocycles. The molecule has 1 saturated heterocycles. The first-order valence-electron chi connectivity index (χ1n) is 9.97. The van der Waals surface area contributed by atoms with Gasteiger partial charge in [-0.2, -0.15) is 0 Å². The van der Waals surface area contributed by atoms with Gasteiger partial charge in [-0.05, 0) is 46.7 Å². The van der Waals surface area contributed by atoms with E-state index in [2.05, 4.69) is 48.1 Å². The van der Waals surface area contributed by atoms with Crippen LogP contribution in [0.15, 0.2) is 34.9 Å². The van der Waals surface area contributed by atoms with Gasteiger partial charge in [-0.3, -0.25) is 9.69 Å². The van der Waals surface area contributed by atoms with E-state index < -0.39 is 0 Å². The Hall–Kier alpha value is -2.14. The molecule has 0 unspecified atom stereocenters. The predicted molar refractivity (Wildman–Crippen MR) is 108 cm³/mol. The van der Waals surface area contributed by atoms with Crippen LogP contribution in [0, 0.1) is 6.92 Å². The molecular formula is C22H31N3O2. The zero-order chi connectivity index (χ0) is 19.3. The molecule has 5 nitrogen and oxygen atoms in total. The van der Waals surface area contributed by atoms with E-state index in [0.717, 1.165) is 24.4 Å². The van der Waals surface area contributed by atoms with Crippen molar-refractivity contribution < 1.29 is 9.21 Å². The lowest BCUT2D eigenvalue weighted by molar-refractivity contribution is -0.121. The fourth-order valence-electron chi connectivity index (χ4n) is 3.51. The van der Waals surface area contributed by atoms with Crippen molar-refractivity contribution in [2.75, 3.05) is 19.6 Å². The molecule has 146 valence electrons. The number of hydrogen-bond acceptors (Lipinski definition) is 4. The Bertz CT molecular complexity index is 743. The predicted octanol–water partition coefficient (Wildman–Crippen LogP) is 3.96. The van der Waals surface area contributed by atoms with Crippen LogP contribution >= 0.6 is 0 Å². The van der Waals surface area contributed by atoms with Crippen LogP contribution in [0.4, 0.5) is 0 Å². The number of carbonyl (C=O) groups is 1. The number of rotatable bonds is 7. The molecule has 3 rings (SSSR count). The van der Waals surface area contributed by atoms with Crippen LogP contribution in [0.1, 0.15) is 51.0 Å². The molecule has 27 heavy (non-hydrogen) atoms. The van der Waals surface area contributed by atoms with Crippen LogP contribution in [0.2, 0.25) is 0 Å². The molecule has 1 amide bonds. The van der Waals surface area contributed by atoms with E-state index in [-0.39, 0.29) is 11.4 Å². The highest BCUT2D eigenvalue weighted by Crippen LogP contribution is 2.22. The summed E-state index contributed by atoms with van der Waals surface area (Å²) in [7, 11) is 0. The molecule has 1 aliphatic rings. The molecule has 1 fully saturated rings. The lowest BCUT2D eigenvalue weighted by Gasteiger charge is -2.41. The minimum atomic E-state index is -0.00236. The third-order valence-corrected chi connectivity index (χ3v) is 5.39. The summed E-state index contributed by atoms with van der Waals surface area (Å²) in [6.07, 6.45) is 6.47. The summed E-state index contributed by atoms with van der Waals surface area (Å²) >= 11 is 0. The minimum Gasteiger partial charge on any atom is -0.441 e. The first kappa shape index (κ1) is 19.6. The number of hydrogen-bond donors (Lipinski definition) is 1. The molecule has 1 N–H and O–H groups in total. The number of carbonyl (C=O) groups excluding carboxylic acids is 1. The minimum absolute atomic E-state index is 0.00236. The van der Waals surface area contributed by atoms with Crippen LogP contribution in [-0.2, 0) is 11.2 Å². The fourth-order valence-corrected chi connectivity index (χ4v) is 3.51. The summed E-state index contributed by atoms with van der Waals surface area (Å²) in [5.74, 6) is 1.41. The highest BCUT2D eigenvalue weighted by molar-refractivity contribution is 5.76. The van der Waals surface area contributed by atoms with E-state index in [9.17, 15) is 4.79 Å². The van der Waals surface area contributed by atoms with Crippen molar-refractivity contribution in [1.29, 1.82) is 0 Å². The first-order chi connectivity index (χ1) is 12.9. The lowest BCUT2D eigenvalue weighted by atomic mass is 9.98. The van der Waals surface area contributed by atoms with E-state index in [1.165, 1.54) is 24.8 Å². The van der Waals surface area contributed by atoms with Crippen molar-refractivity contribution in [3.05, 3.63) is 41.9 Å². The van der Waals surface area contributed by atoms with Crippen molar-refractivity contribution >= 4 is 5.91 Å². The number of nitrogens with one attached hydrogen (secondary N) is 1. The van der Waals surface area contributed by atoms with E-state index >= 15 is 0 Å². The van der Waals surface area contributed by atoms with Crippen molar-refractivity contribution in [1.82, 2.24) is 15.2 Å². The van der Waals surface area contributed by atoms with Gasteiger partial charge in [0.05, 0.1) is 6.20 Å². The highest BCUT2D eigenvalue weighted by Gasteiger charge is 2.28. The number of benzene rings is 1. The van der Waals surface area contributed by atoms with Crippen LogP contribution in [0.25, 0.3) is 11.3 Å². The summed E-state index contributed by atoms with van der Waals surface area (Å²) in [5.41, 5.74) is 2.21. The zero-order valence-electron chi connectivity index (χ0n) is 16.8. The molecular weight excluding hydrogens is 338 g/mol. The Labute approximate surface area is 162 Å². The number of likely N-dealkylation sites (tertiary alicyclic amines) is 1. The summed E-state index contributed by atoms with van der Waals surface area (Å²) in [5, 5.41) is 3.09. The van der Waals surface area contributed by atoms with Crippen LogP contribution in [0.3, 0.4) is 0 Å². The normalized spacial score (nSPS) is 15.7. The summed E-state index contributed by atoms with van der Waals surface area (Å²) in [6.45, 7) is 9.40. The number of aromatic nitrogens is 1. The number of nitrogens with zero attached hydrogens (tertiary/aromatic N) is 2. The molecule has 5 heteroatoms. The summed E-state index contributed by atoms with van der Waals surface area (Å²) < 4.78 is 5.80. The van der Waals surface area contributed by atoms with Crippen molar-refractivity contribution in [2.24, 2.45) is 0 Å². The molecule has 0 radical (unpaired) electrons. The van der Waals surface area contributed by atoms with E-state index in [4.69, 9.17) is 4.42 Å². The van der Waals surface area contributed by atoms with E-state index in [1.807, 2.05) is 12.1 Å².